The van der Waals surface area contributed by atoms with Gasteiger partial charge in [0.05, 0.1) is 7.11 Å². The van der Waals surface area contributed by atoms with Crippen LogP contribution in [0.1, 0.15) is 13.8 Å². The fourth-order valence-electron chi connectivity index (χ4n) is 0.475. The van der Waals surface area contributed by atoms with Crippen LogP contribution >= 0.6 is 0 Å². The molecule has 0 aromatic rings. The van der Waals surface area contributed by atoms with Crippen molar-refractivity contribution in [1.29, 1.82) is 0 Å². The van der Waals surface area contributed by atoms with Gasteiger partial charge in [0, 0.05) is 5.57 Å². The van der Waals surface area contributed by atoms with Crippen LogP contribution in [-0.4, -0.2) is 25.2 Å². The summed E-state index contributed by atoms with van der Waals surface area (Å²) in [6.45, 7) is 6.31. The van der Waals surface area contributed by atoms with E-state index in [0.717, 1.165) is 0 Å². The summed E-state index contributed by atoms with van der Waals surface area (Å²) in [5.41, 5.74) is 0.255. The largest absolute Gasteiger partial charge is 0.466 e. The molecule has 0 bridgehead atoms. The van der Waals surface area contributed by atoms with Crippen LogP contribution in [0.4, 0.5) is 0 Å². The van der Waals surface area contributed by atoms with E-state index >= 15 is 0 Å². The standard InChI is InChI=1S/C8H12O4/c1-5(2)7(9)12-6(3)8(10)11-4/h6H,1H2,2-4H3. The number of hydrogen-bond acceptors (Lipinski definition) is 4. The van der Waals surface area contributed by atoms with Crippen molar-refractivity contribution in [2.24, 2.45) is 0 Å². The molecule has 0 aliphatic rings. The summed E-state index contributed by atoms with van der Waals surface area (Å²) in [5, 5.41) is 0. The van der Waals surface area contributed by atoms with Gasteiger partial charge in [-0.3, -0.25) is 0 Å². The molecule has 12 heavy (non-hydrogen) atoms. The van der Waals surface area contributed by atoms with Gasteiger partial charge in [0.25, 0.3) is 0 Å². The predicted molar refractivity (Wildman–Crippen MR) is 42.4 cm³/mol. The van der Waals surface area contributed by atoms with Gasteiger partial charge in [-0.05, 0) is 13.8 Å². The van der Waals surface area contributed by atoms with Crippen LogP contribution in [0.2, 0.25) is 0 Å². The second-order valence-corrected chi connectivity index (χ2v) is 2.35. The molecule has 0 N–H and O–H groups in total. The highest BCUT2D eigenvalue weighted by Gasteiger charge is 2.17. The molecule has 68 valence electrons. The van der Waals surface area contributed by atoms with Gasteiger partial charge < -0.3 is 9.47 Å². The van der Waals surface area contributed by atoms with Gasteiger partial charge in [0.2, 0.25) is 0 Å². The highest BCUT2D eigenvalue weighted by atomic mass is 16.6. The number of methoxy groups -OCH3 is 1. The summed E-state index contributed by atoms with van der Waals surface area (Å²) < 4.78 is 9.00. The fourth-order valence-corrected chi connectivity index (χ4v) is 0.475. The summed E-state index contributed by atoms with van der Waals surface area (Å²) in [6, 6.07) is 0. The van der Waals surface area contributed by atoms with E-state index in [1.807, 2.05) is 0 Å². The lowest BCUT2D eigenvalue weighted by Crippen LogP contribution is -2.25. The third kappa shape index (κ3) is 3.18. The minimum atomic E-state index is -0.876. The normalized spacial score (nSPS) is 11.6. The van der Waals surface area contributed by atoms with Gasteiger partial charge in [-0.25, -0.2) is 9.59 Å². The number of carbonyl (C=O) groups excluding carboxylic acids is 2. The van der Waals surface area contributed by atoms with E-state index in [-0.39, 0.29) is 5.57 Å². The Morgan fingerprint density at radius 2 is 1.92 bits per heavy atom. The molecule has 0 spiro atoms. The number of carbonyl (C=O) groups is 2. The number of esters is 2. The molecule has 0 aliphatic carbocycles. The zero-order valence-corrected chi connectivity index (χ0v) is 7.42. The third-order valence-corrected chi connectivity index (χ3v) is 1.17. The number of rotatable bonds is 3. The molecule has 0 saturated carbocycles. The van der Waals surface area contributed by atoms with Gasteiger partial charge >= 0.3 is 11.9 Å². The Hall–Kier alpha value is -1.32. The molecule has 0 aromatic carbocycles. The first-order chi connectivity index (χ1) is 5.49. The van der Waals surface area contributed by atoms with Crippen LogP contribution in [0.15, 0.2) is 12.2 Å². The third-order valence-electron chi connectivity index (χ3n) is 1.17. The minimum absolute atomic E-state index is 0.255. The average Bonchev–Trinajstić information content (AvgIpc) is 2.02. The lowest BCUT2D eigenvalue weighted by Gasteiger charge is -2.09. The average molecular weight is 172 g/mol. The van der Waals surface area contributed by atoms with E-state index in [4.69, 9.17) is 0 Å². The Morgan fingerprint density at radius 3 is 2.25 bits per heavy atom. The van der Waals surface area contributed by atoms with Gasteiger partial charge in [-0.15, -0.1) is 0 Å². The lowest BCUT2D eigenvalue weighted by atomic mass is 10.3. The van der Waals surface area contributed by atoms with Crippen molar-refractivity contribution < 1.29 is 19.1 Å². The van der Waals surface area contributed by atoms with E-state index in [1.54, 1.807) is 0 Å². The minimum Gasteiger partial charge on any atom is -0.466 e. The Morgan fingerprint density at radius 1 is 1.42 bits per heavy atom. The maximum absolute atomic E-state index is 10.8. The van der Waals surface area contributed by atoms with Crippen molar-refractivity contribution >= 4 is 11.9 Å². The first-order valence-corrected chi connectivity index (χ1v) is 3.43. The molecule has 4 heteroatoms. The van der Waals surface area contributed by atoms with E-state index < -0.39 is 18.0 Å². The molecule has 4 nitrogen and oxygen atoms in total. The molecule has 0 aromatic heterocycles. The van der Waals surface area contributed by atoms with Crippen LogP contribution in [0.5, 0.6) is 0 Å². The maximum Gasteiger partial charge on any atom is 0.346 e. The van der Waals surface area contributed by atoms with Crippen LogP contribution < -0.4 is 0 Å². The summed E-state index contributed by atoms with van der Waals surface area (Å²) in [5.74, 6) is -1.17. The highest BCUT2D eigenvalue weighted by Crippen LogP contribution is 1.99. The molecule has 0 radical (unpaired) electrons. The van der Waals surface area contributed by atoms with Gasteiger partial charge in [-0.1, -0.05) is 6.58 Å². The molecule has 1 unspecified atom stereocenters. The van der Waals surface area contributed by atoms with Crippen molar-refractivity contribution in [3.63, 3.8) is 0 Å². The zero-order chi connectivity index (χ0) is 9.72. The van der Waals surface area contributed by atoms with Crippen LogP contribution in [0.3, 0.4) is 0 Å². The van der Waals surface area contributed by atoms with E-state index in [9.17, 15) is 9.59 Å². The molecular formula is C8H12O4. The van der Waals surface area contributed by atoms with Gasteiger partial charge in [0.1, 0.15) is 0 Å². The predicted octanol–water partition coefficient (Wildman–Crippen LogP) is 0.667. The molecular weight excluding hydrogens is 160 g/mol. The monoisotopic (exact) mass is 172 g/mol. The summed E-state index contributed by atoms with van der Waals surface area (Å²) in [7, 11) is 1.23. The second kappa shape index (κ2) is 4.54. The quantitative estimate of drug-likeness (QED) is 0.463. The lowest BCUT2D eigenvalue weighted by molar-refractivity contribution is -0.162. The first-order valence-electron chi connectivity index (χ1n) is 3.43. The summed E-state index contributed by atoms with van der Waals surface area (Å²) in [4.78, 5) is 21.6. The zero-order valence-electron chi connectivity index (χ0n) is 7.42. The second-order valence-electron chi connectivity index (χ2n) is 2.35. The van der Waals surface area contributed by atoms with Crippen molar-refractivity contribution in [2.45, 2.75) is 20.0 Å². The number of hydrogen-bond donors (Lipinski definition) is 0. The van der Waals surface area contributed by atoms with Crippen molar-refractivity contribution in [1.82, 2.24) is 0 Å². The van der Waals surface area contributed by atoms with Crippen molar-refractivity contribution in [2.75, 3.05) is 7.11 Å². The van der Waals surface area contributed by atoms with Crippen molar-refractivity contribution in [3.05, 3.63) is 12.2 Å². The first kappa shape index (κ1) is 10.7. The van der Waals surface area contributed by atoms with Crippen molar-refractivity contribution in [3.8, 4) is 0 Å². The van der Waals surface area contributed by atoms with Gasteiger partial charge in [0.15, 0.2) is 6.10 Å². The van der Waals surface area contributed by atoms with E-state index in [0.29, 0.717) is 0 Å². The van der Waals surface area contributed by atoms with Crippen LogP contribution in [-0.2, 0) is 19.1 Å². The van der Waals surface area contributed by atoms with Gasteiger partial charge in [-0.2, -0.15) is 0 Å². The van der Waals surface area contributed by atoms with E-state index in [1.165, 1.54) is 21.0 Å². The van der Waals surface area contributed by atoms with Crippen LogP contribution in [0, 0.1) is 0 Å². The molecule has 0 aliphatic heterocycles. The smallest absolute Gasteiger partial charge is 0.346 e. The Balaban J connectivity index is 4.01. The molecule has 0 saturated heterocycles. The summed E-state index contributed by atoms with van der Waals surface area (Å²) in [6.07, 6.45) is -0.876. The van der Waals surface area contributed by atoms with E-state index in [2.05, 4.69) is 16.1 Å². The SMILES string of the molecule is C=C(C)C(=O)OC(C)C(=O)OC. The molecule has 0 heterocycles. The Labute approximate surface area is 71.2 Å². The summed E-state index contributed by atoms with van der Waals surface area (Å²) >= 11 is 0. The topological polar surface area (TPSA) is 52.6 Å². The molecule has 0 rings (SSSR count). The molecule has 0 amide bonds. The highest BCUT2D eigenvalue weighted by molar-refractivity contribution is 5.89. The Kier molecular flexibility index (Phi) is 4.04. The molecule has 0 fully saturated rings. The Bertz CT molecular complexity index is 207. The van der Waals surface area contributed by atoms with Crippen LogP contribution in [0.25, 0.3) is 0 Å². The maximum atomic E-state index is 10.8. The number of ether oxygens (including phenoxy) is 2. The molecule has 1 atom stereocenters. The fraction of sp³-hybridized carbons (Fsp3) is 0.500.